The number of nitrogens with two attached hydrogens (primary N) is 2. The number of hydrogen-bond acceptors (Lipinski definition) is 9. The number of amides is 4. The molecule has 0 spiro atoms. The van der Waals surface area contributed by atoms with Gasteiger partial charge in [0, 0.05) is 0 Å². The van der Waals surface area contributed by atoms with Crippen LogP contribution in [0.4, 0.5) is 0 Å². The van der Waals surface area contributed by atoms with Crippen molar-refractivity contribution in [1.82, 2.24) is 16.0 Å². The molecule has 11 N–H and O–H groups in total. The van der Waals surface area contributed by atoms with Gasteiger partial charge >= 0.3 is 5.97 Å². The predicted octanol–water partition coefficient (Wildman–Crippen LogP) is -6.29. The van der Waals surface area contributed by atoms with Crippen LogP contribution >= 0.6 is 0 Å². The molecule has 0 heterocycles. The van der Waals surface area contributed by atoms with Crippen LogP contribution in [0, 0.1) is 0 Å². The van der Waals surface area contributed by atoms with Gasteiger partial charge in [-0.05, 0) is 0 Å². The third-order valence-electron chi connectivity index (χ3n) is 3.18. The van der Waals surface area contributed by atoms with Crippen LogP contribution < -0.4 is 27.4 Å². The number of carboxylic acids is 1. The highest BCUT2D eigenvalue weighted by Crippen LogP contribution is 1.96. The topological polar surface area (TPSA) is 254 Å². The van der Waals surface area contributed by atoms with Crippen molar-refractivity contribution < 1.29 is 44.4 Å². The molecular formula is C13H23N5O9. The fourth-order valence-corrected chi connectivity index (χ4v) is 1.70. The molecule has 4 atom stereocenters. The van der Waals surface area contributed by atoms with Gasteiger partial charge < -0.3 is 47.8 Å². The molecule has 4 amide bonds. The van der Waals surface area contributed by atoms with Crippen molar-refractivity contribution in [2.75, 3.05) is 19.8 Å². The van der Waals surface area contributed by atoms with E-state index in [9.17, 15) is 29.1 Å². The zero-order valence-electron chi connectivity index (χ0n) is 14.1. The van der Waals surface area contributed by atoms with E-state index in [4.69, 9.17) is 26.8 Å². The molecule has 0 saturated heterocycles. The molecule has 0 aromatic rings. The van der Waals surface area contributed by atoms with Gasteiger partial charge in [0.05, 0.1) is 26.2 Å². The van der Waals surface area contributed by atoms with Crippen LogP contribution in [0.1, 0.15) is 6.42 Å². The summed E-state index contributed by atoms with van der Waals surface area (Å²) in [6.45, 7) is -2.63. The lowest BCUT2D eigenvalue weighted by Gasteiger charge is -2.23. The first-order valence-corrected chi connectivity index (χ1v) is 7.57. The van der Waals surface area contributed by atoms with E-state index in [2.05, 4.69) is 5.32 Å². The molecule has 0 bridgehead atoms. The van der Waals surface area contributed by atoms with Crippen molar-refractivity contribution in [1.29, 1.82) is 0 Å². The molecule has 4 unspecified atom stereocenters. The van der Waals surface area contributed by atoms with E-state index in [1.807, 2.05) is 10.6 Å². The average Bonchev–Trinajstić information content (AvgIpc) is 2.61. The Bertz CT molecular complexity index is 570. The molecule has 14 nitrogen and oxygen atoms in total. The maximum absolute atomic E-state index is 12.2. The Morgan fingerprint density at radius 1 is 0.741 bits per heavy atom. The van der Waals surface area contributed by atoms with Crippen molar-refractivity contribution in [3.63, 3.8) is 0 Å². The quantitative estimate of drug-likeness (QED) is 0.151. The summed E-state index contributed by atoms with van der Waals surface area (Å²) in [7, 11) is 0. The monoisotopic (exact) mass is 393 g/mol. The molecule has 27 heavy (non-hydrogen) atoms. The van der Waals surface area contributed by atoms with Crippen LogP contribution in [0.3, 0.4) is 0 Å². The number of aliphatic carboxylic acids is 1. The highest BCUT2D eigenvalue weighted by molar-refractivity contribution is 5.96. The Morgan fingerprint density at radius 2 is 1.19 bits per heavy atom. The molecule has 0 aromatic carbocycles. The lowest BCUT2D eigenvalue weighted by atomic mass is 10.1. The summed E-state index contributed by atoms with van der Waals surface area (Å²) in [5.74, 6) is -5.74. The lowest BCUT2D eigenvalue weighted by molar-refractivity contribution is -0.143. The highest BCUT2D eigenvalue weighted by Gasteiger charge is 2.30. The molecule has 0 aliphatic carbocycles. The Morgan fingerprint density at radius 3 is 1.59 bits per heavy atom. The van der Waals surface area contributed by atoms with Gasteiger partial charge in [-0.3, -0.25) is 19.2 Å². The number of aliphatic hydroxyl groups is 3. The SMILES string of the molecule is NC(=O)CC(NC(=O)C(N)CO)C(=O)NC(CO)C(=O)NC(CO)C(=O)O. The van der Waals surface area contributed by atoms with Crippen LogP contribution in [-0.2, 0) is 24.0 Å². The number of carboxylic acid groups (broad SMARTS) is 1. The van der Waals surface area contributed by atoms with Gasteiger partial charge in [0.25, 0.3) is 0 Å². The number of nitrogens with one attached hydrogen (secondary N) is 3. The molecule has 0 saturated carbocycles. The summed E-state index contributed by atoms with van der Waals surface area (Å²) in [5.41, 5.74) is 10.3. The number of carbonyl (C=O) groups is 5. The Labute approximate surface area is 152 Å². The minimum Gasteiger partial charge on any atom is -0.480 e. The molecule has 0 fully saturated rings. The van der Waals surface area contributed by atoms with Gasteiger partial charge in [-0.2, -0.15) is 0 Å². The lowest BCUT2D eigenvalue weighted by Crippen LogP contribution is -2.59. The van der Waals surface area contributed by atoms with Crippen molar-refractivity contribution >= 4 is 29.6 Å². The summed E-state index contributed by atoms with van der Waals surface area (Å²) in [6.07, 6.45) is -0.677. The van der Waals surface area contributed by atoms with Crippen molar-refractivity contribution in [2.45, 2.75) is 30.6 Å². The largest absolute Gasteiger partial charge is 0.480 e. The number of carbonyl (C=O) groups excluding carboxylic acids is 4. The molecular weight excluding hydrogens is 370 g/mol. The Balaban J connectivity index is 5.13. The molecule has 0 radical (unpaired) electrons. The smallest absolute Gasteiger partial charge is 0.328 e. The predicted molar refractivity (Wildman–Crippen MR) is 86.5 cm³/mol. The first-order valence-electron chi connectivity index (χ1n) is 7.57. The second-order valence-electron chi connectivity index (χ2n) is 5.35. The minimum absolute atomic E-state index is 0.677. The highest BCUT2D eigenvalue weighted by atomic mass is 16.4. The van der Waals surface area contributed by atoms with Gasteiger partial charge in [-0.25, -0.2) is 4.79 Å². The zero-order valence-corrected chi connectivity index (χ0v) is 14.1. The van der Waals surface area contributed by atoms with E-state index in [1.54, 1.807) is 0 Å². The van der Waals surface area contributed by atoms with Crippen molar-refractivity contribution in [3.8, 4) is 0 Å². The molecule has 14 heteroatoms. The Kier molecular flexibility index (Phi) is 10.5. The Hall–Kier alpha value is -2.81. The third kappa shape index (κ3) is 8.41. The van der Waals surface area contributed by atoms with E-state index in [0.29, 0.717) is 0 Å². The van der Waals surface area contributed by atoms with Crippen LogP contribution in [0.15, 0.2) is 0 Å². The average molecular weight is 393 g/mol. The summed E-state index contributed by atoms with van der Waals surface area (Å²) in [4.78, 5) is 57.6. The van der Waals surface area contributed by atoms with Gasteiger partial charge in [0.15, 0.2) is 0 Å². The summed E-state index contributed by atoms with van der Waals surface area (Å²) < 4.78 is 0. The first-order chi connectivity index (χ1) is 12.6. The number of hydrogen-bond donors (Lipinski definition) is 9. The van der Waals surface area contributed by atoms with Crippen LogP contribution in [0.2, 0.25) is 0 Å². The van der Waals surface area contributed by atoms with E-state index in [0.717, 1.165) is 0 Å². The number of rotatable bonds is 12. The maximum atomic E-state index is 12.2. The second kappa shape index (κ2) is 11.7. The van der Waals surface area contributed by atoms with Crippen molar-refractivity contribution in [2.24, 2.45) is 11.5 Å². The van der Waals surface area contributed by atoms with Gasteiger partial charge in [0.1, 0.15) is 24.2 Å². The minimum atomic E-state index is -1.67. The molecule has 0 aliphatic heterocycles. The van der Waals surface area contributed by atoms with Gasteiger partial charge in [-0.15, -0.1) is 0 Å². The standard InChI is InChI=1S/C13H23N5O9/c14-5(2-19)10(23)16-6(1-9(15)22)11(24)17-7(3-20)12(25)18-8(4-21)13(26)27/h5-8,19-21H,1-4,14H2,(H2,15,22)(H,16,23)(H,17,24)(H,18,25)(H,26,27). The molecule has 0 aromatic heterocycles. The normalized spacial score (nSPS) is 15.0. The van der Waals surface area contributed by atoms with Crippen LogP contribution in [0.5, 0.6) is 0 Å². The molecule has 0 aliphatic rings. The summed E-state index contributed by atoms with van der Waals surface area (Å²) in [6, 6.07) is -6.27. The fraction of sp³-hybridized carbons (Fsp3) is 0.615. The number of aliphatic hydroxyl groups excluding tert-OH is 3. The van der Waals surface area contributed by atoms with E-state index < -0.39 is 80.0 Å². The number of primary amides is 1. The first kappa shape index (κ1) is 24.2. The second-order valence-corrected chi connectivity index (χ2v) is 5.35. The third-order valence-corrected chi connectivity index (χ3v) is 3.18. The van der Waals surface area contributed by atoms with Gasteiger partial charge in [-0.1, -0.05) is 0 Å². The van der Waals surface area contributed by atoms with Crippen molar-refractivity contribution in [3.05, 3.63) is 0 Å². The van der Waals surface area contributed by atoms with E-state index in [-0.39, 0.29) is 0 Å². The van der Waals surface area contributed by atoms with Crippen LogP contribution in [0.25, 0.3) is 0 Å². The molecule has 0 rings (SSSR count). The fourth-order valence-electron chi connectivity index (χ4n) is 1.70. The van der Waals surface area contributed by atoms with Crippen LogP contribution in [-0.4, -0.2) is 94.0 Å². The van der Waals surface area contributed by atoms with E-state index in [1.165, 1.54) is 0 Å². The van der Waals surface area contributed by atoms with Gasteiger partial charge in [0.2, 0.25) is 23.6 Å². The molecule has 154 valence electrons. The maximum Gasteiger partial charge on any atom is 0.328 e. The summed E-state index contributed by atoms with van der Waals surface area (Å²) in [5, 5.41) is 41.6. The summed E-state index contributed by atoms with van der Waals surface area (Å²) >= 11 is 0. The zero-order chi connectivity index (χ0) is 21.1. The van der Waals surface area contributed by atoms with E-state index >= 15 is 0 Å².